The summed E-state index contributed by atoms with van der Waals surface area (Å²) in [5, 5.41) is 8.67. The molecule has 1 heterocycles. The number of amides is 2. The van der Waals surface area contributed by atoms with E-state index in [0.29, 0.717) is 5.92 Å². The Hall–Kier alpha value is -1.10. The zero-order valence-corrected chi connectivity index (χ0v) is 11.8. The van der Waals surface area contributed by atoms with Gasteiger partial charge < -0.3 is 16.0 Å². The molecule has 0 spiro atoms. The zero-order valence-electron chi connectivity index (χ0n) is 11.8. The Morgan fingerprint density at radius 3 is 2.56 bits per heavy atom. The molecule has 2 unspecified atom stereocenters. The van der Waals surface area contributed by atoms with Crippen LogP contribution in [0.1, 0.15) is 40.5 Å². The van der Waals surface area contributed by atoms with E-state index in [2.05, 4.69) is 22.9 Å². The van der Waals surface area contributed by atoms with Crippen LogP contribution in [0, 0.1) is 5.92 Å². The highest BCUT2D eigenvalue weighted by atomic mass is 16.2. The van der Waals surface area contributed by atoms with Crippen molar-refractivity contribution in [2.24, 2.45) is 5.92 Å². The van der Waals surface area contributed by atoms with E-state index in [1.165, 1.54) is 0 Å². The largest absolute Gasteiger partial charge is 0.350 e. The first-order valence-electron chi connectivity index (χ1n) is 6.60. The molecule has 0 saturated carbocycles. The molecule has 2 atom stereocenters. The maximum atomic E-state index is 11.9. The maximum Gasteiger partial charge on any atom is 0.239 e. The van der Waals surface area contributed by atoms with Gasteiger partial charge >= 0.3 is 0 Å². The molecule has 1 rings (SSSR count). The minimum Gasteiger partial charge on any atom is -0.350 e. The monoisotopic (exact) mass is 255 g/mol. The Bertz CT molecular complexity index is 310. The molecule has 5 nitrogen and oxygen atoms in total. The Kier molecular flexibility index (Phi) is 5.14. The lowest BCUT2D eigenvalue weighted by atomic mass is 9.94. The van der Waals surface area contributed by atoms with Crippen LogP contribution in [0.25, 0.3) is 0 Å². The highest BCUT2D eigenvalue weighted by Gasteiger charge is 2.24. The standard InChI is InChI=1S/C13H25N3O2/c1-9-5-6-14-10(7-9)12(18)15-8-11(17)16-13(2,3)4/h9-10,14H,5-8H2,1-4H3,(H,15,18)(H,16,17). The van der Waals surface area contributed by atoms with E-state index in [0.717, 1.165) is 19.4 Å². The number of hydrogen-bond donors (Lipinski definition) is 3. The molecular weight excluding hydrogens is 230 g/mol. The molecule has 104 valence electrons. The number of carbonyl (C=O) groups is 2. The molecule has 1 fully saturated rings. The average molecular weight is 255 g/mol. The van der Waals surface area contributed by atoms with E-state index in [4.69, 9.17) is 0 Å². The van der Waals surface area contributed by atoms with Crippen molar-refractivity contribution in [3.63, 3.8) is 0 Å². The number of piperidine rings is 1. The van der Waals surface area contributed by atoms with Crippen molar-refractivity contribution in [3.05, 3.63) is 0 Å². The Morgan fingerprint density at radius 1 is 1.33 bits per heavy atom. The second-order valence-electron chi connectivity index (χ2n) is 6.15. The summed E-state index contributed by atoms with van der Waals surface area (Å²) in [6.45, 7) is 8.80. The third-order valence-electron chi connectivity index (χ3n) is 2.92. The summed E-state index contributed by atoms with van der Waals surface area (Å²) >= 11 is 0. The molecule has 0 bridgehead atoms. The summed E-state index contributed by atoms with van der Waals surface area (Å²) in [5.74, 6) is 0.329. The SMILES string of the molecule is CC1CCNC(C(=O)NCC(=O)NC(C)(C)C)C1. The molecule has 0 aliphatic carbocycles. The summed E-state index contributed by atoms with van der Waals surface area (Å²) in [6, 6.07) is -0.156. The fourth-order valence-electron chi connectivity index (χ4n) is 2.06. The summed E-state index contributed by atoms with van der Waals surface area (Å²) in [6.07, 6.45) is 1.95. The van der Waals surface area contributed by atoms with E-state index >= 15 is 0 Å². The van der Waals surface area contributed by atoms with E-state index in [1.54, 1.807) is 0 Å². The van der Waals surface area contributed by atoms with E-state index < -0.39 is 0 Å². The molecule has 0 aromatic rings. The van der Waals surface area contributed by atoms with Crippen LogP contribution >= 0.6 is 0 Å². The molecular formula is C13H25N3O2. The lowest BCUT2D eigenvalue weighted by Gasteiger charge is -2.27. The number of carbonyl (C=O) groups excluding carboxylic acids is 2. The van der Waals surface area contributed by atoms with E-state index in [-0.39, 0.29) is 29.9 Å². The fraction of sp³-hybridized carbons (Fsp3) is 0.846. The van der Waals surface area contributed by atoms with Crippen molar-refractivity contribution in [1.29, 1.82) is 0 Å². The molecule has 3 N–H and O–H groups in total. The highest BCUT2D eigenvalue weighted by molar-refractivity contribution is 5.87. The predicted octanol–water partition coefficient (Wildman–Crippen LogP) is 0.405. The molecule has 1 aliphatic heterocycles. The number of rotatable bonds is 3. The van der Waals surface area contributed by atoms with Crippen LogP contribution in [0.15, 0.2) is 0 Å². The Morgan fingerprint density at radius 2 is 2.00 bits per heavy atom. The van der Waals surface area contributed by atoms with Crippen LogP contribution in [0.2, 0.25) is 0 Å². The minimum atomic E-state index is -0.264. The third kappa shape index (κ3) is 5.49. The van der Waals surface area contributed by atoms with Gasteiger partial charge in [0, 0.05) is 5.54 Å². The van der Waals surface area contributed by atoms with E-state index in [9.17, 15) is 9.59 Å². The van der Waals surface area contributed by atoms with Crippen LogP contribution in [0.4, 0.5) is 0 Å². The van der Waals surface area contributed by atoms with Gasteiger partial charge in [0.1, 0.15) is 0 Å². The minimum absolute atomic E-state index is 0.0443. The molecule has 5 heteroatoms. The normalized spacial score (nSPS) is 24.4. The molecule has 18 heavy (non-hydrogen) atoms. The topological polar surface area (TPSA) is 70.2 Å². The van der Waals surface area contributed by atoms with Gasteiger partial charge in [0.15, 0.2) is 0 Å². The van der Waals surface area contributed by atoms with Crippen molar-refractivity contribution in [3.8, 4) is 0 Å². The fourth-order valence-corrected chi connectivity index (χ4v) is 2.06. The summed E-state index contributed by atoms with van der Waals surface area (Å²) in [4.78, 5) is 23.4. The first-order valence-corrected chi connectivity index (χ1v) is 6.60. The van der Waals surface area contributed by atoms with Crippen LogP contribution in [-0.2, 0) is 9.59 Å². The van der Waals surface area contributed by atoms with Gasteiger partial charge in [-0.2, -0.15) is 0 Å². The molecule has 0 radical (unpaired) electrons. The third-order valence-corrected chi connectivity index (χ3v) is 2.92. The van der Waals surface area contributed by atoms with Gasteiger partial charge in [-0.1, -0.05) is 6.92 Å². The van der Waals surface area contributed by atoms with Crippen LogP contribution in [0.5, 0.6) is 0 Å². The van der Waals surface area contributed by atoms with Gasteiger partial charge in [-0.15, -0.1) is 0 Å². The second kappa shape index (κ2) is 6.18. The molecule has 0 aromatic heterocycles. The van der Waals surface area contributed by atoms with Crippen molar-refractivity contribution >= 4 is 11.8 Å². The number of nitrogens with one attached hydrogen (secondary N) is 3. The Balaban J connectivity index is 2.30. The lowest BCUT2D eigenvalue weighted by molar-refractivity contribution is -0.128. The highest BCUT2D eigenvalue weighted by Crippen LogP contribution is 2.14. The first-order chi connectivity index (χ1) is 8.28. The van der Waals surface area contributed by atoms with Crippen LogP contribution in [0.3, 0.4) is 0 Å². The zero-order chi connectivity index (χ0) is 13.8. The van der Waals surface area contributed by atoms with Crippen molar-refractivity contribution < 1.29 is 9.59 Å². The second-order valence-corrected chi connectivity index (χ2v) is 6.15. The molecule has 2 amide bonds. The van der Waals surface area contributed by atoms with Crippen molar-refractivity contribution in [1.82, 2.24) is 16.0 Å². The van der Waals surface area contributed by atoms with Crippen LogP contribution in [-0.4, -0.2) is 36.5 Å². The molecule has 1 aliphatic rings. The van der Waals surface area contributed by atoms with Crippen LogP contribution < -0.4 is 16.0 Å². The van der Waals surface area contributed by atoms with Gasteiger partial charge in [0.05, 0.1) is 12.6 Å². The van der Waals surface area contributed by atoms with Gasteiger partial charge in [-0.3, -0.25) is 9.59 Å². The van der Waals surface area contributed by atoms with Gasteiger partial charge in [-0.25, -0.2) is 0 Å². The quantitative estimate of drug-likeness (QED) is 0.684. The van der Waals surface area contributed by atoms with E-state index in [1.807, 2.05) is 20.8 Å². The van der Waals surface area contributed by atoms with Gasteiger partial charge in [0.25, 0.3) is 0 Å². The predicted molar refractivity (Wildman–Crippen MR) is 71.1 cm³/mol. The lowest BCUT2D eigenvalue weighted by Crippen LogP contribution is -2.51. The maximum absolute atomic E-state index is 11.9. The average Bonchev–Trinajstić information content (AvgIpc) is 2.23. The van der Waals surface area contributed by atoms with Crippen molar-refractivity contribution in [2.45, 2.75) is 52.1 Å². The number of hydrogen-bond acceptors (Lipinski definition) is 3. The molecule has 0 aromatic carbocycles. The van der Waals surface area contributed by atoms with Gasteiger partial charge in [-0.05, 0) is 46.1 Å². The summed E-state index contributed by atoms with van der Waals surface area (Å²) < 4.78 is 0. The smallest absolute Gasteiger partial charge is 0.239 e. The Labute approximate surface area is 109 Å². The first kappa shape index (κ1) is 15.0. The van der Waals surface area contributed by atoms with Gasteiger partial charge in [0.2, 0.25) is 11.8 Å². The summed E-state index contributed by atoms with van der Waals surface area (Å²) in [7, 11) is 0. The molecule has 1 saturated heterocycles. The van der Waals surface area contributed by atoms with Crippen molar-refractivity contribution in [2.75, 3.05) is 13.1 Å². The summed E-state index contributed by atoms with van der Waals surface area (Å²) in [5.41, 5.74) is -0.264.